The Kier molecular flexibility index (Phi) is 4.89. The number of hydrogen-bond donors (Lipinski definition) is 0. The average Bonchev–Trinajstić information content (AvgIpc) is 3.00. The number of rotatable bonds is 3. The van der Waals surface area contributed by atoms with Crippen molar-refractivity contribution in [1.29, 1.82) is 5.26 Å². The lowest BCUT2D eigenvalue weighted by molar-refractivity contribution is -0.137. The second-order valence-electron chi connectivity index (χ2n) is 6.05. The highest BCUT2D eigenvalue weighted by atomic mass is 32.1. The number of pyridine rings is 1. The molecular weight excluding hydrogens is 375 g/mol. The van der Waals surface area contributed by atoms with Crippen LogP contribution in [-0.2, 0) is 12.7 Å². The molecule has 2 aromatic heterocycles. The molecule has 0 aliphatic carbocycles. The van der Waals surface area contributed by atoms with E-state index in [-0.39, 0.29) is 12.2 Å². The molecule has 4 nitrogen and oxygen atoms in total. The molecule has 0 aliphatic rings. The van der Waals surface area contributed by atoms with E-state index in [0.717, 1.165) is 16.6 Å². The maximum absolute atomic E-state index is 13.4. The van der Waals surface area contributed by atoms with Gasteiger partial charge in [0.05, 0.1) is 28.5 Å². The van der Waals surface area contributed by atoms with Gasteiger partial charge in [0.2, 0.25) is 0 Å². The minimum Gasteiger partial charge on any atom is -0.301 e. The molecule has 2 heterocycles. The van der Waals surface area contributed by atoms with Gasteiger partial charge >= 0.3 is 6.18 Å². The van der Waals surface area contributed by atoms with E-state index >= 15 is 0 Å². The Morgan fingerprint density at radius 3 is 2.56 bits per heavy atom. The summed E-state index contributed by atoms with van der Waals surface area (Å²) in [5.74, 6) is 0. The standard InChI is InChI=1S/C19H14F3N3OS/c1-11-4-3-5-13(6-11)17-7-16(19(20,21)22)15(8-23)18(26)25(17)9-14-10-27-12(2)24-14/h3-7,10H,9H2,1-2H3. The summed E-state index contributed by atoms with van der Waals surface area (Å²) in [6.07, 6.45) is -4.81. The average molecular weight is 389 g/mol. The zero-order valence-corrected chi connectivity index (χ0v) is 15.3. The Morgan fingerprint density at radius 1 is 1.26 bits per heavy atom. The van der Waals surface area contributed by atoms with E-state index in [1.807, 2.05) is 13.0 Å². The fraction of sp³-hybridized carbons (Fsp3) is 0.211. The molecular formula is C19H14F3N3OS. The first-order valence-corrected chi connectivity index (χ1v) is 8.82. The number of thiazole rings is 1. The molecule has 0 spiro atoms. The third kappa shape index (κ3) is 3.78. The molecule has 3 aromatic rings. The largest absolute Gasteiger partial charge is 0.417 e. The molecule has 0 bridgehead atoms. The van der Waals surface area contributed by atoms with Crippen LogP contribution < -0.4 is 5.56 Å². The third-order valence-electron chi connectivity index (χ3n) is 4.02. The predicted octanol–water partition coefficient (Wildman–Crippen LogP) is 4.53. The maximum Gasteiger partial charge on any atom is 0.417 e. The Balaban J connectivity index is 2.32. The van der Waals surface area contributed by atoms with Gasteiger partial charge in [-0.15, -0.1) is 11.3 Å². The van der Waals surface area contributed by atoms with Crippen molar-refractivity contribution in [3.63, 3.8) is 0 Å². The first kappa shape index (κ1) is 18.9. The lowest BCUT2D eigenvalue weighted by Gasteiger charge is -2.17. The van der Waals surface area contributed by atoms with Crippen LogP contribution in [-0.4, -0.2) is 9.55 Å². The van der Waals surface area contributed by atoms with Crippen molar-refractivity contribution in [2.45, 2.75) is 26.6 Å². The first-order chi connectivity index (χ1) is 12.7. The van der Waals surface area contributed by atoms with Gasteiger partial charge in [-0.25, -0.2) is 4.98 Å². The van der Waals surface area contributed by atoms with Gasteiger partial charge in [-0.1, -0.05) is 23.8 Å². The maximum atomic E-state index is 13.4. The van der Waals surface area contributed by atoms with Crippen LogP contribution >= 0.6 is 11.3 Å². The summed E-state index contributed by atoms with van der Waals surface area (Å²) in [6.45, 7) is 3.59. The molecule has 0 amide bonds. The van der Waals surface area contributed by atoms with Crippen LogP contribution in [0.25, 0.3) is 11.3 Å². The summed E-state index contributed by atoms with van der Waals surface area (Å²) < 4.78 is 41.5. The lowest BCUT2D eigenvalue weighted by atomic mass is 10.0. The summed E-state index contributed by atoms with van der Waals surface area (Å²) in [5, 5.41) is 11.7. The van der Waals surface area contributed by atoms with Crippen LogP contribution in [0.2, 0.25) is 0 Å². The predicted molar refractivity (Wildman–Crippen MR) is 96.5 cm³/mol. The fourth-order valence-corrected chi connectivity index (χ4v) is 3.43. The summed E-state index contributed by atoms with van der Waals surface area (Å²) in [5.41, 5.74) is -1.15. The summed E-state index contributed by atoms with van der Waals surface area (Å²) in [6, 6.07) is 9.14. The summed E-state index contributed by atoms with van der Waals surface area (Å²) >= 11 is 1.38. The number of halogens is 3. The van der Waals surface area contributed by atoms with Crippen molar-refractivity contribution in [1.82, 2.24) is 9.55 Å². The van der Waals surface area contributed by atoms with E-state index in [0.29, 0.717) is 11.3 Å². The van der Waals surface area contributed by atoms with Gasteiger partial charge in [-0.3, -0.25) is 4.79 Å². The smallest absolute Gasteiger partial charge is 0.301 e. The highest BCUT2D eigenvalue weighted by Gasteiger charge is 2.36. The molecule has 0 unspecified atom stereocenters. The molecule has 0 fully saturated rings. The van der Waals surface area contributed by atoms with Crippen LogP contribution in [0.1, 0.15) is 27.4 Å². The quantitative estimate of drug-likeness (QED) is 0.661. The normalized spacial score (nSPS) is 11.4. The number of alkyl halides is 3. The highest BCUT2D eigenvalue weighted by molar-refractivity contribution is 7.09. The topological polar surface area (TPSA) is 58.7 Å². The van der Waals surface area contributed by atoms with E-state index in [1.165, 1.54) is 22.0 Å². The molecule has 1 aromatic carbocycles. The van der Waals surface area contributed by atoms with Gasteiger partial charge in [-0.2, -0.15) is 18.4 Å². The van der Waals surface area contributed by atoms with E-state index in [1.54, 1.807) is 30.5 Å². The molecule has 0 saturated carbocycles. The molecule has 27 heavy (non-hydrogen) atoms. The van der Waals surface area contributed by atoms with E-state index in [4.69, 9.17) is 0 Å². The van der Waals surface area contributed by atoms with E-state index in [9.17, 15) is 23.2 Å². The van der Waals surface area contributed by atoms with Crippen molar-refractivity contribution in [2.75, 3.05) is 0 Å². The summed E-state index contributed by atoms with van der Waals surface area (Å²) in [4.78, 5) is 17.1. The fourth-order valence-electron chi connectivity index (χ4n) is 2.82. The minimum absolute atomic E-state index is 0.0146. The number of nitriles is 1. The number of hydrogen-bond acceptors (Lipinski definition) is 4. The highest BCUT2D eigenvalue weighted by Crippen LogP contribution is 2.33. The van der Waals surface area contributed by atoms with Gasteiger partial charge in [0.25, 0.3) is 5.56 Å². The molecule has 0 atom stereocenters. The van der Waals surface area contributed by atoms with Crippen molar-refractivity contribution in [3.05, 3.63) is 73.5 Å². The minimum atomic E-state index is -4.81. The van der Waals surface area contributed by atoms with E-state index in [2.05, 4.69) is 4.98 Å². The van der Waals surface area contributed by atoms with Gasteiger partial charge in [0.1, 0.15) is 11.6 Å². The molecule has 0 saturated heterocycles. The first-order valence-electron chi connectivity index (χ1n) is 7.94. The Bertz CT molecular complexity index is 1110. The number of benzene rings is 1. The molecule has 138 valence electrons. The SMILES string of the molecule is Cc1cccc(-c2cc(C(F)(F)F)c(C#N)c(=O)n2Cc2csc(C)n2)c1. The van der Waals surface area contributed by atoms with Gasteiger partial charge in [0, 0.05) is 5.38 Å². The van der Waals surface area contributed by atoms with Crippen molar-refractivity contribution >= 4 is 11.3 Å². The zero-order valence-electron chi connectivity index (χ0n) is 14.5. The second-order valence-corrected chi connectivity index (χ2v) is 7.11. The molecule has 0 radical (unpaired) electrons. The van der Waals surface area contributed by atoms with Crippen LogP contribution in [0.5, 0.6) is 0 Å². The molecule has 3 rings (SSSR count). The van der Waals surface area contributed by atoms with Gasteiger partial charge in [-0.05, 0) is 31.5 Å². The third-order valence-corrected chi connectivity index (χ3v) is 4.84. The molecule has 0 N–H and O–H groups in total. The van der Waals surface area contributed by atoms with E-state index < -0.39 is 22.9 Å². The van der Waals surface area contributed by atoms with Gasteiger partial charge < -0.3 is 4.57 Å². The van der Waals surface area contributed by atoms with Crippen LogP contribution in [0.4, 0.5) is 13.2 Å². The van der Waals surface area contributed by atoms with Crippen molar-refractivity contribution in [2.24, 2.45) is 0 Å². The van der Waals surface area contributed by atoms with Crippen molar-refractivity contribution in [3.8, 4) is 17.3 Å². The number of aromatic nitrogens is 2. The van der Waals surface area contributed by atoms with Crippen LogP contribution in [0.15, 0.2) is 40.5 Å². The Morgan fingerprint density at radius 2 is 2.00 bits per heavy atom. The molecule has 0 aliphatic heterocycles. The van der Waals surface area contributed by atoms with Crippen molar-refractivity contribution < 1.29 is 13.2 Å². The van der Waals surface area contributed by atoms with Gasteiger partial charge in [0.15, 0.2) is 0 Å². The zero-order chi connectivity index (χ0) is 19.8. The second kappa shape index (κ2) is 7.00. The monoisotopic (exact) mass is 389 g/mol. The molecule has 8 heteroatoms. The van der Waals surface area contributed by atoms with Crippen LogP contribution in [0.3, 0.4) is 0 Å². The lowest BCUT2D eigenvalue weighted by Crippen LogP contribution is -2.28. The summed E-state index contributed by atoms with van der Waals surface area (Å²) in [7, 11) is 0. The Hall–Kier alpha value is -2.92. The number of nitrogens with zero attached hydrogens (tertiary/aromatic N) is 3. The number of aryl methyl sites for hydroxylation is 2. The van der Waals surface area contributed by atoms with Crippen LogP contribution in [0, 0.1) is 25.2 Å². The Labute approximate surface area is 157 Å².